The zero-order valence-corrected chi connectivity index (χ0v) is 12.4. The maximum absolute atomic E-state index is 11.9. The predicted molar refractivity (Wildman–Crippen MR) is 75.6 cm³/mol. The number of hydrogen-bond donors (Lipinski definition) is 1. The molecule has 2 rings (SSSR count). The lowest BCUT2D eigenvalue weighted by atomic mass is 9.88. The van der Waals surface area contributed by atoms with Crippen molar-refractivity contribution in [3.8, 4) is 0 Å². The molecule has 0 radical (unpaired) electrons. The number of halogens is 2. The van der Waals surface area contributed by atoms with Crippen LogP contribution < -0.4 is 11.4 Å². The molecular formula is C12H17Cl2N3O2. The number of ether oxygens (including phenoxy) is 1. The topological polar surface area (TPSA) is 70.1 Å². The summed E-state index contributed by atoms with van der Waals surface area (Å²) in [5.41, 5.74) is 4.49. The molecule has 106 valence electrons. The summed E-state index contributed by atoms with van der Waals surface area (Å²) < 4.78 is 7.37. The van der Waals surface area contributed by atoms with Gasteiger partial charge in [0.1, 0.15) is 5.82 Å². The molecule has 5 nitrogen and oxygen atoms in total. The van der Waals surface area contributed by atoms with Crippen LogP contribution in [0.2, 0.25) is 0 Å². The van der Waals surface area contributed by atoms with Crippen LogP contribution in [-0.4, -0.2) is 26.4 Å². The summed E-state index contributed by atoms with van der Waals surface area (Å²) in [6.07, 6.45) is 1.71. The second-order valence-corrected chi connectivity index (χ2v) is 5.61. The van der Waals surface area contributed by atoms with Crippen molar-refractivity contribution in [3.63, 3.8) is 0 Å². The van der Waals surface area contributed by atoms with Gasteiger partial charge in [0.05, 0.1) is 16.9 Å². The average Bonchev–Trinajstić information content (AvgIpc) is 2.64. The summed E-state index contributed by atoms with van der Waals surface area (Å²) in [7, 11) is 0. The van der Waals surface area contributed by atoms with Crippen molar-refractivity contribution in [2.24, 2.45) is 5.92 Å². The number of nitrogens with two attached hydrogens (primary N) is 1. The highest BCUT2D eigenvalue weighted by Gasteiger charge is 2.51. The van der Waals surface area contributed by atoms with Gasteiger partial charge in [-0.25, -0.2) is 4.79 Å². The maximum Gasteiger partial charge on any atom is 0.351 e. The molecule has 1 aromatic heterocycles. The normalized spacial score (nSPS) is 34.6. The molecule has 0 bridgehead atoms. The van der Waals surface area contributed by atoms with E-state index in [9.17, 15) is 4.79 Å². The molecule has 7 heteroatoms. The monoisotopic (exact) mass is 305 g/mol. The van der Waals surface area contributed by atoms with E-state index in [1.54, 1.807) is 12.3 Å². The van der Waals surface area contributed by atoms with Crippen molar-refractivity contribution in [3.05, 3.63) is 22.7 Å². The molecule has 2 N–H and O–H groups in total. The third kappa shape index (κ3) is 2.35. The lowest BCUT2D eigenvalue weighted by Gasteiger charge is -2.29. The molecule has 0 saturated carbocycles. The summed E-state index contributed by atoms with van der Waals surface area (Å²) in [5, 5.41) is -0.346. The smallest absolute Gasteiger partial charge is 0.351 e. The first-order chi connectivity index (χ1) is 8.95. The standard InChI is InChI=1S/C12H17Cl2N3O2/c1-3-12(6-13)7(2)9(14)10(19-12)17-5-4-8(15)16-11(17)18/h4-5,7,9-10H,3,6H2,1-2H3,(H2,15,16,18)/t7-,9+,10+,12-/m0/s1. The summed E-state index contributed by atoms with van der Waals surface area (Å²) in [5.74, 6) is 0.547. The Hall–Kier alpha value is -0.780. The molecule has 1 fully saturated rings. The number of rotatable bonds is 3. The van der Waals surface area contributed by atoms with Crippen molar-refractivity contribution < 1.29 is 4.74 Å². The van der Waals surface area contributed by atoms with Gasteiger partial charge < -0.3 is 10.5 Å². The van der Waals surface area contributed by atoms with E-state index >= 15 is 0 Å². The van der Waals surface area contributed by atoms with Gasteiger partial charge in [0.25, 0.3) is 0 Å². The Balaban J connectivity index is 2.39. The van der Waals surface area contributed by atoms with Gasteiger partial charge in [0.2, 0.25) is 0 Å². The van der Waals surface area contributed by atoms with Crippen molar-refractivity contribution in [1.82, 2.24) is 9.55 Å². The Kier molecular flexibility index (Phi) is 4.08. The number of aromatic nitrogens is 2. The molecule has 2 heterocycles. The molecule has 0 spiro atoms. The van der Waals surface area contributed by atoms with E-state index in [4.69, 9.17) is 33.7 Å². The van der Waals surface area contributed by atoms with Crippen LogP contribution in [0.4, 0.5) is 5.82 Å². The Morgan fingerprint density at radius 1 is 1.63 bits per heavy atom. The molecule has 0 aromatic carbocycles. The van der Waals surface area contributed by atoms with E-state index in [1.807, 2.05) is 13.8 Å². The van der Waals surface area contributed by atoms with E-state index in [1.165, 1.54) is 4.57 Å². The highest BCUT2D eigenvalue weighted by Crippen LogP contribution is 2.46. The highest BCUT2D eigenvalue weighted by molar-refractivity contribution is 6.22. The zero-order chi connectivity index (χ0) is 14.2. The number of nitrogen functional groups attached to an aromatic ring is 1. The first-order valence-corrected chi connectivity index (χ1v) is 7.15. The Labute approximate surface area is 121 Å². The van der Waals surface area contributed by atoms with Crippen LogP contribution in [0.25, 0.3) is 0 Å². The minimum atomic E-state index is -0.573. The lowest BCUT2D eigenvalue weighted by Crippen LogP contribution is -2.37. The van der Waals surface area contributed by atoms with Crippen LogP contribution in [0.5, 0.6) is 0 Å². The largest absolute Gasteiger partial charge is 0.383 e. The van der Waals surface area contributed by atoms with Crippen molar-refractivity contribution in [1.29, 1.82) is 0 Å². The number of anilines is 1. The number of hydrogen-bond acceptors (Lipinski definition) is 4. The van der Waals surface area contributed by atoms with Gasteiger partial charge in [0.15, 0.2) is 6.23 Å². The summed E-state index contributed by atoms with van der Waals surface area (Å²) in [4.78, 5) is 15.6. The number of nitrogens with zero attached hydrogens (tertiary/aromatic N) is 2. The quantitative estimate of drug-likeness (QED) is 0.867. The van der Waals surface area contributed by atoms with Crippen LogP contribution >= 0.6 is 23.2 Å². The minimum absolute atomic E-state index is 0.0334. The second kappa shape index (κ2) is 5.31. The average molecular weight is 306 g/mol. The van der Waals surface area contributed by atoms with Crippen LogP contribution in [0.3, 0.4) is 0 Å². The molecule has 0 unspecified atom stereocenters. The molecular weight excluding hydrogens is 289 g/mol. The van der Waals surface area contributed by atoms with Crippen LogP contribution in [0.1, 0.15) is 26.5 Å². The molecule has 1 aromatic rings. The fourth-order valence-corrected chi connectivity index (χ4v) is 3.33. The van der Waals surface area contributed by atoms with Gasteiger partial charge in [-0.05, 0) is 12.5 Å². The van der Waals surface area contributed by atoms with Gasteiger partial charge >= 0.3 is 5.69 Å². The first kappa shape index (κ1) is 14.6. The SMILES string of the molecule is CC[C@@]1(CCl)O[C@@H](n2ccc(N)nc2=O)[C@H](Cl)[C@@H]1C. The van der Waals surface area contributed by atoms with Crippen molar-refractivity contribution in [2.75, 3.05) is 11.6 Å². The fourth-order valence-electron chi connectivity index (χ4n) is 2.43. The van der Waals surface area contributed by atoms with Gasteiger partial charge in [-0.1, -0.05) is 13.8 Å². The second-order valence-electron chi connectivity index (χ2n) is 4.84. The van der Waals surface area contributed by atoms with Crippen LogP contribution in [0, 0.1) is 5.92 Å². The van der Waals surface area contributed by atoms with E-state index < -0.39 is 17.5 Å². The molecule has 0 aliphatic carbocycles. The third-order valence-electron chi connectivity index (χ3n) is 3.89. The third-order valence-corrected chi connectivity index (χ3v) is 4.93. The van der Waals surface area contributed by atoms with Gasteiger partial charge in [0, 0.05) is 12.1 Å². The lowest BCUT2D eigenvalue weighted by molar-refractivity contribution is -0.0722. The molecule has 1 saturated heterocycles. The molecule has 19 heavy (non-hydrogen) atoms. The molecule has 0 amide bonds. The molecule has 4 atom stereocenters. The van der Waals surface area contributed by atoms with Gasteiger partial charge in [-0.15, -0.1) is 23.2 Å². The highest BCUT2D eigenvalue weighted by atomic mass is 35.5. The molecule has 1 aliphatic rings. The predicted octanol–water partition coefficient (Wildman–Crippen LogP) is 1.99. The van der Waals surface area contributed by atoms with E-state index in [0.29, 0.717) is 5.88 Å². The number of alkyl halides is 2. The summed E-state index contributed by atoms with van der Waals surface area (Å²) in [6, 6.07) is 1.55. The van der Waals surface area contributed by atoms with E-state index in [-0.39, 0.29) is 17.1 Å². The van der Waals surface area contributed by atoms with Crippen LogP contribution in [0.15, 0.2) is 17.1 Å². The first-order valence-electron chi connectivity index (χ1n) is 6.17. The zero-order valence-electron chi connectivity index (χ0n) is 10.8. The maximum atomic E-state index is 11.9. The Bertz CT molecular complexity index is 516. The van der Waals surface area contributed by atoms with Crippen molar-refractivity contribution >= 4 is 29.0 Å². The fraction of sp³-hybridized carbons (Fsp3) is 0.667. The van der Waals surface area contributed by atoms with Gasteiger partial charge in [-0.2, -0.15) is 4.98 Å². The van der Waals surface area contributed by atoms with Crippen molar-refractivity contribution in [2.45, 2.75) is 37.5 Å². The Morgan fingerprint density at radius 3 is 2.79 bits per heavy atom. The van der Waals surface area contributed by atoms with E-state index in [2.05, 4.69) is 4.98 Å². The summed E-state index contributed by atoms with van der Waals surface area (Å²) in [6.45, 7) is 3.98. The van der Waals surface area contributed by atoms with E-state index in [0.717, 1.165) is 6.42 Å². The Morgan fingerprint density at radius 2 is 2.32 bits per heavy atom. The molecule has 1 aliphatic heterocycles. The van der Waals surface area contributed by atoms with Crippen LogP contribution in [-0.2, 0) is 4.74 Å². The summed E-state index contributed by atoms with van der Waals surface area (Å²) >= 11 is 12.5. The minimum Gasteiger partial charge on any atom is -0.383 e. The van der Waals surface area contributed by atoms with Gasteiger partial charge in [-0.3, -0.25) is 4.57 Å².